The smallest absolute Gasteiger partial charge is 0.264 e. The van der Waals surface area contributed by atoms with Crippen molar-refractivity contribution in [3.05, 3.63) is 82.8 Å². The number of fused-ring (bicyclic) bond motifs is 1. The summed E-state index contributed by atoms with van der Waals surface area (Å²) in [6.07, 6.45) is 4.81. The number of rotatable bonds is 6. The minimum atomic E-state index is -1.01. The SMILES string of the molecule is CC1(O)CCN(c2ccc(-n3ncc4c(=O)n(CC5(O)CCN(Cc6ccc(F)cc6)CC5)cnc43)cc2)C1. The van der Waals surface area contributed by atoms with Gasteiger partial charge in [-0.3, -0.25) is 14.3 Å². The molecule has 204 valence electrons. The normalized spacial score (nSPS) is 21.6. The molecule has 0 saturated carbocycles. The number of piperidine rings is 1. The van der Waals surface area contributed by atoms with E-state index < -0.39 is 11.2 Å². The molecule has 2 N–H and O–H groups in total. The van der Waals surface area contributed by atoms with Gasteiger partial charge in [0.25, 0.3) is 5.56 Å². The summed E-state index contributed by atoms with van der Waals surface area (Å²) in [6.45, 7) is 5.48. The number of β-amino-alcohol motifs (C(OH)–C–C–N with tert-alkyl or cyclic N) is 1. The van der Waals surface area contributed by atoms with E-state index in [-0.39, 0.29) is 17.9 Å². The van der Waals surface area contributed by atoms with Crippen LogP contribution in [0.1, 0.15) is 31.7 Å². The van der Waals surface area contributed by atoms with Gasteiger partial charge < -0.3 is 15.1 Å². The van der Waals surface area contributed by atoms with Crippen LogP contribution in [-0.2, 0) is 13.1 Å². The Morgan fingerprint density at radius 1 is 0.949 bits per heavy atom. The van der Waals surface area contributed by atoms with Gasteiger partial charge in [0, 0.05) is 38.4 Å². The molecule has 1 atom stereocenters. The first kappa shape index (κ1) is 25.7. The van der Waals surface area contributed by atoms with Gasteiger partial charge in [-0.05, 0) is 68.1 Å². The molecule has 2 aromatic carbocycles. The number of aliphatic hydroxyl groups is 2. The third-order valence-corrected chi connectivity index (χ3v) is 8.04. The Bertz CT molecular complexity index is 1520. The lowest BCUT2D eigenvalue weighted by atomic mass is 9.91. The first-order chi connectivity index (χ1) is 18.7. The largest absolute Gasteiger partial charge is 0.388 e. The highest BCUT2D eigenvalue weighted by atomic mass is 19.1. The van der Waals surface area contributed by atoms with Crippen molar-refractivity contribution in [2.75, 3.05) is 31.1 Å². The number of anilines is 1. The van der Waals surface area contributed by atoms with Crippen LogP contribution in [0.25, 0.3) is 16.7 Å². The van der Waals surface area contributed by atoms with Crippen LogP contribution in [-0.4, -0.2) is 71.8 Å². The average molecular weight is 533 g/mol. The third-order valence-electron chi connectivity index (χ3n) is 8.04. The van der Waals surface area contributed by atoms with Crippen LogP contribution in [0.4, 0.5) is 10.1 Å². The Kier molecular flexibility index (Phi) is 6.49. The molecule has 2 aliphatic rings. The minimum absolute atomic E-state index is 0.165. The molecule has 6 rings (SSSR count). The summed E-state index contributed by atoms with van der Waals surface area (Å²) in [7, 11) is 0. The van der Waals surface area contributed by atoms with Gasteiger partial charge in [0.2, 0.25) is 0 Å². The molecule has 4 heterocycles. The van der Waals surface area contributed by atoms with Crippen LogP contribution in [0.2, 0.25) is 0 Å². The quantitative estimate of drug-likeness (QED) is 0.394. The van der Waals surface area contributed by atoms with Crippen molar-refractivity contribution in [1.29, 1.82) is 0 Å². The van der Waals surface area contributed by atoms with Gasteiger partial charge in [0.1, 0.15) is 17.5 Å². The van der Waals surface area contributed by atoms with E-state index >= 15 is 0 Å². The lowest BCUT2D eigenvalue weighted by molar-refractivity contribution is -0.0364. The molecular formula is C29H33FN6O3. The predicted octanol–water partition coefficient (Wildman–Crippen LogP) is 2.71. The third kappa shape index (κ3) is 5.32. The summed E-state index contributed by atoms with van der Waals surface area (Å²) in [5.74, 6) is -0.250. The van der Waals surface area contributed by atoms with Crippen LogP contribution in [0.15, 0.2) is 65.8 Å². The van der Waals surface area contributed by atoms with Gasteiger partial charge in [-0.2, -0.15) is 5.10 Å². The van der Waals surface area contributed by atoms with Crippen molar-refractivity contribution < 1.29 is 14.6 Å². The highest BCUT2D eigenvalue weighted by Crippen LogP contribution is 2.28. The fourth-order valence-electron chi connectivity index (χ4n) is 5.67. The van der Waals surface area contributed by atoms with Crippen molar-refractivity contribution in [2.24, 2.45) is 0 Å². The highest BCUT2D eigenvalue weighted by molar-refractivity contribution is 5.75. The van der Waals surface area contributed by atoms with E-state index in [4.69, 9.17) is 0 Å². The molecule has 2 saturated heterocycles. The molecule has 2 aliphatic heterocycles. The van der Waals surface area contributed by atoms with E-state index in [1.165, 1.54) is 29.2 Å². The van der Waals surface area contributed by atoms with Crippen molar-refractivity contribution in [1.82, 2.24) is 24.2 Å². The molecule has 9 nitrogen and oxygen atoms in total. The number of nitrogens with zero attached hydrogens (tertiary/aromatic N) is 6. The summed E-state index contributed by atoms with van der Waals surface area (Å²) in [5, 5.41) is 26.4. The monoisotopic (exact) mass is 532 g/mol. The molecule has 4 aromatic rings. The average Bonchev–Trinajstić information content (AvgIpc) is 3.52. The lowest BCUT2D eigenvalue weighted by Crippen LogP contribution is -2.47. The van der Waals surface area contributed by atoms with Crippen molar-refractivity contribution in [2.45, 2.75) is 50.5 Å². The maximum atomic E-state index is 13.3. The Balaban J connectivity index is 1.14. The van der Waals surface area contributed by atoms with E-state index in [9.17, 15) is 19.4 Å². The zero-order chi connectivity index (χ0) is 27.2. The second-order valence-electron chi connectivity index (χ2n) is 11.3. The Labute approximate surface area is 225 Å². The van der Waals surface area contributed by atoms with E-state index in [0.29, 0.717) is 50.1 Å². The minimum Gasteiger partial charge on any atom is -0.388 e. The molecule has 0 radical (unpaired) electrons. The molecule has 0 bridgehead atoms. The zero-order valence-electron chi connectivity index (χ0n) is 22.0. The zero-order valence-corrected chi connectivity index (χ0v) is 22.0. The molecule has 2 fully saturated rings. The Morgan fingerprint density at radius 2 is 1.64 bits per heavy atom. The molecule has 0 amide bonds. The van der Waals surface area contributed by atoms with Crippen LogP contribution >= 0.6 is 0 Å². The number of likely N-dealkylation sites (tertiary alicyclic amines) is 1. The van der Waals surface area contributed by atoms with Gasteiger partial charge in [-0.25, -0.2) is 14.1 Å². The Hall–Kier alpha value is -3.60. The van der Waals surface area contributed by atoms with Crippen LogP contribution in [0.5, 0.6) is 0 Å². The van der Waals surface area contributed by atoms with Crippen molar-refractivity contribution in [3.63, 3.8) is 0 Å². The topological polar surface area (TPSA) is 99.6 Å². The van der Waals surface area contributed by atoms with Crippen LogP contribution in [0.3, 0.4) is 0 Å². The summed E-state index contributed by atoms with van der Waals surface area (Å²) in [6, 6.07) is 14.3. The Morgan fingerprint density at radius 3 is 2.31 bits per heavy atom. The van der Waals surface area contributed by atoms with Gasteiger partial charge in [0.05, 0.1) is 29.6 Å². The fourth-order valence-corrected chi connectivity index (χ4v) is 5.67. The van der Waals surface area contributed by atoms with Gasteiger partial charge in [-0.15, -0.1) is 0 Å². The maximum Gasteiger partial charge on any atom is 0.264 e. The van der Waals surface area contributed by atoms with E-state index in [2.05, 4.69) is 19.9 Å². The second kappa shape index (κ2) is 9.86. The van der Waals surface area contributed by atoms with E-state index in [0.717, 1.165) is 29.9 Å². The number of hydrogen-bond donors (Lipinski definition) is 2. The van der Waals surface area contributed by atoms with Crippen molar-refractivity contribution in [3.8, 4) is 5.69 Å². The molecule has 10 heteroatoms. The molecule has 2 aromatic heterocycles. The first-order valence-corrected chi connectivity index (χ1v) is 13.4. The van der Waals surface area contributed by atoms with Crippen molar-refractivity contribution >= 4 is 16.7 Å². The van der Waals surface area contributed by atoms with E-state index in [1.54, 1.807) is 16.8 Å². The highest BCUT2D eigenvalue weighted by Gasteiger charge is 2.34. The summed E-state index contributed by atoms with van der Waals surface area (Å²) in [5.41, 5.74) is 1.40. The standard InChI is InChI=1S/C29H33FN6O3/c1-28(38)10-15-34(18-28)23-6-8-24(9-7-23)36-26-25(16-32-36)27(37)35(20-31-26)19-29(39)11-13-33(14-12-29)17-21-2-4-22(30)5-3-21/h2-9,16,20,38-39H,10-15,17-19H2,1H3. The predicted molar refractivity (Wildman–Crippen MR) is 146 cm³/mol. The lowest BCUT2D eigenvalue weighted by Gasteiger charge is -2.38. The summed E-state index contributed by atoms with van der Waals surface area (Å²) >= 11 is 0. The van der Waals surface area contributed by atoms with Crippen LogP contribution < -0.4 is 10.5 Å². The molecule has 1 unspecified atom stereocenters. The molecular weight excluding hydrogens is 499 g/mol. The van der Waals surface area contributed by atoms with Gasteiger partial charge in [0.15, 0.2) is 5.65 Å². The van der Waals surface area contributed by atoms with Gasteiger partial charge >= 0.3 is 0 Å². The van der Waals surface area contributed by atoms with Gasteiger partial charge in [-0.1, -0.05) is 12.1 Å². The van der Waals surface area contributed by atoms with E-state index in [1.807, 2.05) is 31.2 Å². The number of benzene rings is 2. The second-order valence-corrected chi connectivity index (χ2v) is 11.3. The fraction of sp³-hybridized carbons (Fsp3) is 0.414. The summed E-state index contributed by atoms with van der Waals surface area (Å²) < 4.78 is 16.3. The first-order valence-electron chi connectivity index (χ1n) is 13.4. The number of aromatic nitrogens is 4. The maximum absolute atomic E-state index is 13.3. The number of hydrogen-bond acceptors (Lipinski definition) is 7. The number of halogens is 1. The molecule has 0 spiro atoms. The van der Waals surface area contributed by atoms with Crippen LogP contribution in [0, 0.1) is 5.82 Å². The molecule has 39 heavy (non-hydrogen) atoms. The molecule has 0 aliphatic carbocycles. The summed E-state index contributed by atoms with van der Waals surface area (Å²) in [4.78, 5) is 22.2.